The lowest BCUT2D eigenvalue weighted by molar-refractivity contribution is 0.399. The summed E-state index contributed by atoms with van der Waals surface area (Å²) in [5.41, 5.74) is 7.96. The molecule has 0 aliphatic rings. The summed E-state index contributed by atoms with van der Waals surface area (Å²) < 4.78 is 0. The Morgan fingerprint density at radius 2 is 0.939 bits per heavy atom. The van der Waals surface area contributed by atoms with Crippen LogP contribution in [-0.4, -0.2) is 19.9 Å². The van der Waals surface area contributed by atoms with Gasteiger partial charge in [0, 0.05) is 22.8 Å². The minimum Gasteiger partial charge on any atom is -0.251 e. The number of aryl methyl sites for hydroxylation is 2. The maximum Gasteiger partial charge on any atom is 0.0889 e. The Labute approximate surface area is 197 Å². The number of hydrogen-bond donors (Lipinski definition) is 0. The molecule has 4 heterocycles. The van der Waals surface area contributed by atoms with Gasteiger partial charge in [0.1, 0.15) is 0 Å². The fourth-order valence-electron chi connectivity index (χ4n) is 4.34. The first kappa shape index (κ1) is 22.8. The first-order chi connectivity index (χ1) is 16.0. The molecule has 4 heteroatoms. The highest BCUT2D eigenvalue weighted by Gasteiger charge is 2.16. The lowest BCUT2D eigenvalue weighted by Gasteiger charge is -2.19. The molecule has 4 aromatic heterocycles. The van der Waals surface area contributed by atoms with Crippen LogP contribution < -0.4 is 0 Å². The second-order valence-electron chi connectivity index (χ2n) is 9.26. The quantitative estimate of drug-likeness (QED) is 0.310. The van der Waals surface area contributed by atoms with Gasteiger partial charge in [0.25, 0.3) is 0 Å². The van der Waals surface area contributed by atoms with Gasteiger partial charge in [-0.25, -0.2) is 0 Å². The molecule has 0 aliphatic heterocycles. The maximum atomic E-state index is 4.95. The zero-order valence-corrected chi connectivity index (χ0v) is 20.0. The van der Waals surface area contributed by atoms with Crippen molar-refractivity contribution in [1.82, 2.24) is 19.9 Å². The van der Waals surface area contributed by atoms with Crippen molar-refractivity contribution >= 4 is 0 Å². The van der Waals surface area contributed by atoms with E-state index in [9.17, 15) is 0 Å². The van der Waals surface area contributed by atoms with Gasteiger partial charge in [-0.05, 0) is 93.5 Å². The predicted molar refractivity (Wildman–Crippen MR) is 135 cm³/mol. The van der Waals surface area contributed by atoms with Crippen LogP contribution in [-0.2, 0) is 12.8 Å². The molecular formula is C29H32N4. The summed E-state index contributed by atoms with van der Waals surface area (Å²) in [7, 11) is 0. The molecular weight excluding hydrogens is 404 g/mol. The zero-order chi connectivity index (χ0) is 23.2. The molecule has 0 atom stereocenters. The summed E-state index contributed by atoms with van der Waals surface area (Å²) in [6.45, 7) is 8.60. The SMILES string of the molecule is Cc1cccc(-c2cccc(CC(Cc3cccc(-c4cccc(C)n4)n3)CC(C)C)n2)n1. The summed E-state index contributed by atoms with van der Waals surface area (Å²) in [4.78, 5) is 19.2. The van der Waals surface area contributed by atoms with Crippen molar-refractivity contribution in [2.75, 3.05) is 0 Å². The minimum atomic E-state index is 0.464. The second-order valence-corrected chi connectivity index (χ2v) is 9.26. The molecule has 0 unspecified atom stereocenters. The van der Waals surface area contributed by atoms with Gasteiger partial charge in [-0.15, -0.1) is 0 Å². The number of nitrogens with zero attached hydrogens (tertiary/aromatic N) is 4. The van der Waals surface area contributed by atoms with E-state index in [1.807, 2.05) is 62.4 Å². The van der Waals surface area contributed by atoms with E-state index in [0.29, 0.717) is 11.8 Å². The Balaban J connectivity index is 1.55. The third kappa shape index (κ3) is 6.32. The van der Waals surface area contributed by atoms with Crippen molar-refractivity contribution in [2.24, 2.45) is 11.8 Å². The van der Waals surface area contributed by atoms with Crippen LogP contribution in [0.15, 0.2) is 72.8 Å². The molecule has 4 rings (SSSR count). The summed E-state index contributed by atoms with van der Waals surface area (Å²) in [5, 5.41) is 0. The molecule has 0 radical (unpaired) electrons. The highest BCUT2D eigenvalue weighted by molar-refractivity contribution is 5.55. The molecule has 0 bridgehead atoms. The van der Waals surface area contributed by atoms with Gasteiger partial charge in [-0.1, -0.05) is 38.1 Å². The van der Waals surface area contributed by atoms with Gasteiger partial charge in [0.15, 0.2) is 0 Å². The number of aromatic nitrogens is 4. The van der Waals surface area contributed by atoms with Crippen LogP contribution in [0.25, 0.3) is 22.8 Å². The van der Waals surface area contributed by atoms with Crippen LogP contribution in [0, 0.1) is 25.7 Å². The molecule has 0 N–H and O–H groups in total. The van der Waals surface area contributed by atoms with Crippen LogP contribution in [0.1, 0.15) is 43.0 Å². The molecule has 0 aliphatic carbocycles. The van der Waals surface area contributed by atoms with E-state index in [2.05, 4.69) is 48.1 Å². The normalized spacial score (nSPS) is 11.3. The van der Waals surface area contributed by atoms with Gasteiger partial charge in [0.05, 0.1) is 22.8 Å². The highest BCUT2D eigenvalue weighted by atomic mass is 14.8. The Kier molecular flexibility index (Phi) is 7.23. The smallest absolute Gasteiger partial charge is 0.0889 e. The van der Waals surface area contributed by atoms with E-state index in [4.69, 9.17) is 9.97 Å². The zero-order valence-electron chi connectivity index (χ0n) is 20.0. The molecule has 0 saturated heterocycles. The summed E-state index contributed by atoms with van der Waals surface area (Å²) in [6.07, 6.45) is 2.97. The Morgan fingerprint density at radius 3 is 1.33 bits per heavy atom. The van der Waals surface area contributed by atoms with Gasteiger partial charge in [-0.3, -0.25) is 19.9 Å². The number of hydrogen-bond acceptors (Lipinski definition) is 4. The lowest BCUT2D eigenvalue weighted by Crippen LogP contribution is -2.13. The largest absolute Gasteiger partial charge is 0.251 e. The Morgan fingerprint density at radius 1 is 0.545 bits per heavy atom. The number of rotatable bonds is 8. The average Bonchev–Trinajstić information content (AvgIpc) is 2.79. The first-order valence-electron chi connectivity index (χ1n) is 11.8. The van der Waals surface area contributed by atoms with Crippen LogP contribution >= 0.6 is 0 Å². The Hall–Kier alpha value is -3.40. The molecule has 33 heavy (non-hydrogen) atoms. The van der Waals surface area contributed by atoms with Crippen LogP contribution in [0.5, 0.6) is 0 Å². The highest BCUT2D eigenvalue weighted by Crippen LogP contribution is 2.24. The first-order valence-corrected chi connectivity index (χ1v) is 11.8. The Bertz CT molecular complexity index is 1120. The predicted octanol–water partition coefficient (Wildman–Crippen LogP) is 6.66. The maximum absolute atomic E-state index is 4.95. The minimum absolute atomic E-state index is 0.464. The fourth-order valence-corrected chi connectivity index (χ4v) is 4.34. The molecule has 0 fully saturated rings. The van der Waals surface area contributed by atoms with Crippen molar-refractivity contribution in [3.8, 4) is 22.8 Å². The topological polar surface area (TPSA) is 51.6 Å². The van der Waals surface area contributed by atoms with Crippen molar-refractivity contribution in [3.05, 3.63) is 95.6 Å². The van der Waals surface area contributed by atoms with Gasteiger partial charge in [-0.2, -0.15) is 0 Å². The molecule has 0 amide bonds. The van der Waals surface area contributed by atoms with E-state index in [-0.39, 0.29) is 0 Å². The molecule has 4 nitrogen and oxygen atoms in total. The average molecular weight is 437 g/mol. The third-order valence-electron chi connectivity index (χ3n) is 5.72. The monoisotopic (exact) mass is 436 g/mol. The van der Waals surface area contributed by atoms with Crippen molar-refractivity contribution in [2.45, 2.75) is 47.0 Å². The van der Waals surface area contributed by atoms with Gasteiger partial charge >= 0.3 is 0 Å². The molecule has 0 aromatic carbocycles. The van der Waals surface area contributed by atoms with Crippen LogP contribution in [0.2, 0.25) is 0 Å². The van der Waals surface area contributed by atoms with E-state index in [1.54, 1.807) is 0 Å². The van der Waals surface area contributed by atoms with E-state index >= 15 is 0 Å². The summed E-state index contributed by atoms with van der Waals surface area (Å²) in [5.74, 6) is 1.07. The van der Waals surface area contributed by atoms with Crippen LogP contribution in [0.4, 0.5) is 0 Å². The van der Waals surface area contributed by atoms with E-state index < -0.39 is 0 Å². The number of pyridine rings is 4. The van der Waals surface area contributed by atoms with Crippen molar-refractivity contribution < 1.29 is 0 Å². The molecule has 0 saturated carbocycles. The van der Waals surface area contributed by atoms with Gasteiger partial charge < -0.3 is 0 Å². The molecule has 168 valence electrons. The van der Waals surface area contributed by atoms with Crippen LogP contribution in [0.3, 0.4) is 0 Å². The third-order valence-corrected chi connectivity index (χ3v) is 5.72. The van der Waals surface area contributed by atoms with Crippen molar-refractivity contribution in [1.29, 1.82) is 0 Å². The van der Waals surface area contributed by atoms with E-state index in [0.717, 1.165) is 64.8 Å². The summed E-state index contributed by atoms with van der Waals surface area (Å²) in [6, 6.07) is 24.7. The summed E-state index contributed by atoms with van der Waals surface area (Å²) >= 11 is 0. The molecule has 4 aromatic rings. The van der Waals surface area contributed by atoms with E-state index in [1.165, 1.54) is 0 Å². The molecule has 0 spiro atoms. The standard InChI is InChI=1S/C29H32N4/c1-20(2)17-23(18-24-11-7-15-28(32-24)26-13-5-9-21(3)30-26)19-25-12-8-16-29(33-25)27-14-6-10-22(4)31-27/h5-16,20,23H,17-19H2,1-4H3. The van der Waals surface area contributed by atoms with Gasteiger partial charge in [0.2, 0.25) is 0 Å². The fraction of sp³-hybridized carbons (Fsp3) is 0.310. The second kappa shape index (κ2) is 10.5. The van der Waals surface area contributed by atoms with Crippen molar-refractivity contribution in [3.63, 3.8) is 0 Å². The lowest BCUT2D eigenvalue weighted by atomic mass is 9.88.